The van der Waals surface area contributed by atoms with Crippen LogP contribution in [-0.2, 0) is 0 Å². The molecule has 0 aromatic carbocycles. The van der Waals surface area contributed by atoms with Crippen LogP contribution in [-0.4, -0.2) is 45.2 Å². The molecule has 0 fully saturated rings. The molecule has 0 amide bonds. The molecule has 0 aromatic rings. The summed E-state index contributed by atoms with van der Waals surface area (Å²) in [6.45, 7) is 0. The van der Waals surface area contributed by atoms with Gasteiger partial charge in [0.2, 0.25) is 0 Å². The second kappa shape index (κ2) is 22.5. The van der Waals surface area contributed by atoms with E-state index in [4.69, 9.17) is 46.0 Å². The first-order valence-electron chi connectivity index (χ1n) is 1.64. The monoisotopic (exact) mass is 325 g/mol. The fourth-order valence-corrected chi connectivity index (χ4v) is 0. The average molecular weight is 326 g/mol. The predicted molar refractivity (Wildman–Crippen MR) is 40.5 cm³/mol. The first-order valence-corrected chi connectivity index (χ1v) is 1.64. The molecule has 0 spiro atoms. The zero-order valence-corrected chi connectivity index (χ0v) is 8.52. The summed E-state index contributed by atoms with van der Waals surface area (Å²) in [6, 6.07) is 0. The molecule has 0 heterocycles. The van der Waals surface area contributed by atoms with Crippen molar-refractivity contribution in [1.82, 2.24) is 0 Å². The Morgan fingerprint density at radius 1 is 0.571 bits per heavy atom. The van der Waals surface area contributed by atoms with Crippen molar-refractivity contribution in [2.24, 2.45) is 0 Å². The summed E-state index contributed by atoms with van der Waals surface area (Å²) in [5, 5.41) is 44.2. The van der Waals surface area contributed by atoms with Crippen molar-refractivity contribution >= 4 is 24.4 Å². The summed E-state index contributed by atoms with van der Waals surface area (Å²) in [4.78, 5) is 24.8. The van der Waals surface area contributed by atoms with Crippen molar-refractivity contribution in [3.63, 3.8) is 0 Å². The van der Waals surface area contributed by atoms with E-state index in [1.165, 1.54) is 0 Å². The molecule has 0 atom stereocenters. The molecular formula is H2N3O10Sb. The van der Waals surface area contributed by atoms with Gasteiger partial charge in [-0.25, -0.2) is 0 Å². The van der Waals surface area contributed by atoms with E-state index in [1.54, 1.807) is 0 Å². The maximum atomic E-state index is 8.25. The Bertz CT molecular complexity index is 113. The van der Waals surface area contributed by atoms with E-state index in [9.17, 15) is 0 Å². The molecule has 0 unspecified atom stereocenters. The van der Waals surface area contributed by atoms with Crippen LogP contribution in [0.15, 0.2) is 0 Å². The van der Waals surface area contributed by atoms with Crippen LogP contribution in [0, 0.1) is 46.0 Å². The van der Waals surface area contributed by atoms with Gasteiger partial charge in [-0.1, -0.05) is 0 Å². The quantitative estimate of drug-likeness (QED) is 0.273. The summed E-state index contributed by atoms with van der Waals surface area (Å²) >= 11 is 0. The van der Waals surface area contributed by atoms with Crippen LogP contribution < -0.4 is 0 Å². The standard InChI is InChI=1S/3NO3.H2O.Sb/c3*2-1(3)4;;/h;;;1H2;/q3*-1;;+3. The molecule has 2 N–H and O–H groups in total. The smallest absolute Gasteiger partial charge is 0.412 e. The van der Waals surface area contributed by atoms with Crippen molar-refractivity contribution in [1.29, 1.82) is 0 Å². The van der Waals surface area contributed by atoms with Gasteiger partial charge in [-0.05, 0) is 0 Å². The largest absolute Gasteiger partial charge is 3.00 e. The second-order valence-electron chi connectivity index (χ2n) is 0.671. The maximum absolute atomic E-state index is 8.25. The molecule has 14 heavy (non-hydrogen) atoms. The minimum absolute atomic E-state index is 0. The van der Waals surface area contributed by atoms with Crippen molar-refractivity contribution in [2.45, 2.75) is 0 Å². The molecule has 0 saturated carbocycles. The van der Waals surface area contributed by atoms with Gasteiger partial charge in [-0.15, -0.1) is 0 Å². The van der Waals surface area contributed by atoms with Gasteiger partial charge in [0.15, 0.2) is 0 Å². The van der Waals surface area contributed by atoms with Gasteiger partial charge in [0.1, 0.15) is 0 Å². The average Bonchev–Trinajstić information content (AvgIpc) is 1.54. The Morgan fingerprint density at radius 2 is 0.571 bits per heavy atom. The molecule has 0 bridgehead atoms. The normalized spacial score (nSPS) is 5.14. The second-order valence-corrected chi connectivity index (χ2v) is 0.671. The van der Waals surface area contributed by atoms with Crippen molar-refractivity contribution in [2.75, 3.05) is 0 Å². The van der Waals surface area contributed by atoms with Gasteiger partial charge in [-0.2, -0.15) is 0 Å². The Balaban J connectivity index is -0.0000000270. The van der Waals surface area contributed by atoms with E-state index in [2.05, 4.69) is 0 Å². The molecular weight excluding hydrogens is 324 g/mol. The molecule has 14 heteroatoms. The van der Waals surface area contributed by atoms with Crippen molar-refractivity contribution in [3.05, 3.63) is 46.0 Å². The third kappa shape index (κ3) is 347. The molecule has 13 nitrogen and oxygen atoms in total. The van der Waals surface area contributed by atoms with Crippen molar-refractivity contribution in [3.8, 4) is 0 Å². The third-order valence-electron chi connectivity index (χ3n) is 0. The molecule has 0 rings (SSSR count). The fourth-order valence-electron chi connectivity index (χ4n) is 0. The van der Waals surface area contributed by atoms with E-state index in [1.807, 2.05) is 0 Å². The van der Waals surface area contributed by atoms with Gasteiger partial charge >= 0.3 is 24.4 Å². The Labute approximate surface area is 91.6 Å². The molecule has 0 aliphatic carbocycles. The van der Waals surface area contributed by atoms with Gasteiger partial charge < -0.3 is 51.4 Å². The minimum Gasteiger partial charge on any atom is -0.412 e. The Hall–Kier alpha value is -1.62. The molecule has 2 radical (unpaired) electrons. The molecule has 0 aliphatic heterocycles. The van der Waals surface area contributed by atoms with Crippen LogP contribution in [0.4, 0.5) is 0 Å². The van der Waals surface area contributed by atoms with E-state index < -0.39 is 15.3 Å². The summed E-state index contributed by atoms with van der Waals surface area (Å²) in [5.74, 6) is 0. The predicted octanol–water partition coefficient (Wildman–Crippen LogP) is -1.92. The van der Waals surface area contributed by atoms with Crippen LogP contribution in [0.2, 0.25) is 0 Å². The summed E-state index contributed by atoms with van der Waals surface area (Å²) < 4.78 is 0. The number of hydrogen-bond acceptors (Lipinski definition) is 9. The fraction of sp³-hybridized carbons (Fsp3) is 0. The van der Waals surface area contributed by atoms with Gasteiger partial charge in [0.05, 0.1) is 15.3 Å². The summed E-state index contributed by atoms with van der Waals surface area (Å²) in [7, 11) is 0. The Kier molecular flexibility index (Phi) is 47.3. The number of nitrogens with zero attached hydrogens (tertiary/aromatic N) is 3. The number of rotatable bonds is 0. The van der Waals surface area contributed by atoms with Crippen LogP contribution in [0.25, 0.3) is 0 Å². The molecule has 0 saturated heterocycles. The van der Waals surface area contributed by atoms with Gasteiger partial charge in [0.25, 0.3) is 0 Å². The molecule has 0 aliphatic rings. The summed E-state index contributed by atoms with van der Waals surface area (Å²) in [5.41, 5.74) is 0. The van der Waals surface area contributed by atoms with E-state index >= 15 is 0 Å². The third-order valence-corrected chi connectivity index (χ3v) is 0. The minimum atomic E-state index is -1.75. The van der Waals surface area contributed by atoms with E-state index in [0.29, 0.717) is 0 Å². The summed E-state index contributed by atoms with van der Waals surface area (Å²) in [6.07, 6.45) is 0. The first kappa shape index (κ1) is 29.4. The van der Waals surface area contributed by atoms with E-state index in [-0.39, 0.29) is 29.9 Å². The van der Waals surface area contributed by atoms with Crippen LogP contribution in [0.5, 0.6) is 0 Å². The zero-order chi connectivity index (χ0) is 10.7. The number of hydrogen-bond donors (Lipinski definition) is 0. The molecule has 82 valence electrons. The first-order chi connectivity index (χ1) is 5.20. The SMILES string of the molecule is O.O=[N+]([O-])[O-].O=[N+]([O-])[O-].O=[N+]([O-])[O-].[Sb+3]. The van der Waals surface area contributed by atoms with E-state index in [0.717, 1.165) is 0 Å². The molecule has 0 aromatic heterocycles. The maximum Gasteiger partial charge on any atom is 3.00 e. The zero-order valence-electron chi connectivity index (χ0n) is 5.96. The van der Waals surface area contributed by atoms with Crippen LogP contribution in [0.3, 0.4) is 0 Å². The van der Waals surface area contributed by atoms with Gasteiger partial charge in [-0.3, -0.25) is 0 Å². The Morgan fingerprint density at radius 3 is 0.571 bits per heavy atom. The topological polar surface area (TPSA) is 230 Å². The van der Waals surface area contributed by atoms with Crippen LogP contribution in [0.1, 0.15) is 0 Å². The van der Waals surface area contributed by atoms with Crippen LogP contribution >= 0.6 is 0 Å². The van der Waals surface area contributed by atoms with Crippen molar-refractivity contribution < 1.29 is 20.7 Å². The van der Waals surface area contributed by atoms with Gasteiger partial charge in [0, 0.05) is 0 Å².